The van der Waals surface area contributed by atoms with Crippen LogP contribution in [0.4, 0.5) is 0 Å². The largest absolute Gasteiger partial charge is 0.0841 e. The minimum atomic E-state index is 0.613. The number of fused-ring (bicyclic) bond motifs is 1. The third-order valence-corrected chi connectivity index (χ3v) is 14.9. The Labute approximate surface area is 487 Å². The Balaban J connectivity index is 0.000000297. The van der Waals surface area contributed by atoms with Gasteiger partial charge < -0.3 is 0 Å². The second-order valence-electron chi connectivity index (χ2n) is 20.2. The summed E-state index contributed by atoms with van der Waals surface area (Å²) in [5.74, 6) is 0. The van der Waals surface area contributed by atoms with Crippen LogP contribution in [0.5, 0.6) is 0 Å². The smallest absolute Gasteiger partial charge is 0.0594 e. The molecule has 76 heavy (non-hydrogen) atoms. The quantitative estimate of drug-likeness (QED) is 0.165. The lowest BCUT2D eigenvalue weighted by molar-refractivity contribution is 0.911. The van der Waals surface area contributed by atoms with Crippen LogP contribution < -0.4 is 0 Å². The fourth-order valence-electron chi connectivity index (χ4n) is 8.08. The van der Waals surface area contributed by atoms with E-state index in [2.05, 4.69) is 181 Å². The third kappa shape index (κ3) is 26.0. The lowest BCUT2D eigenvalue weighted by atomic mass is 10.0. The van der Waals surface area contributed by atoms with Gasteiger partial charge in [0.05, 0.1) is 10.0 Å². The maximum Gasteiger partial charge on any atom is 0.0594 e. The summed E-state index contributed by atoms with van der Waals surface area (Å²) in [6.07, 6.45) is 7.27. The molecule has 0 bridgehead atoms. The highest BCUT2D eigenvalue weighted by Gasteiger charge is 2.09. The van der Waals surface area contributed by atoms with Crippen molar-refractivity contribution in [2.45, 2.75) is 156 Å². The molecule has 0 spiro atoms. The standard InChI is InChI=1S/C10H12.2C10H14.C9H11Cl.C9H12.2C8H9Cl.C7H6Cl2/c1-8-5-6-9-3-2-4-10(9)7-8;1-4-10-6-5-8(2)7-9(10)3;1-4-10-7-8(2)5-6-9(10)3;1-3-8-6-7(2)4-5-9(8)10;1-7-4-5-8(2)9(3)6-7;1-6-3-4-8(9)7(2)5-6;1-6-3-4-7(2)8(9)5-6;1-5-2-3-6(8)7(9)4-5/h5-7H,2-4H2,1H3;2*5-7H,4H2,1-3H3;4-6H,3H2,1-2H3;4-6H,1-3H3;2*3-5H,1-2H3;2-4H,1H3. The summed E-state index contributed by atoms with van der Waals surface area (Å²) in [5, 5.41) is 3.82. The van der Waals surface area contributed by atoms with Gasteiger partial charge in [-0.25, -0.2) is 0 Å². The minimum Gasteiger partial charge on any atom is -0.0841 e. The van der Waals surface area contributed by atoms with Crippen molar-refractivity contribution in [3.8, 4) is 0 Å². The number of benzene rings is 8. The molecule has 8 aromatic rings. The molecule has 1 aliphatic rings. The molecular formula is C71H87Cl5. The topological polar surface area (TPSA) is 0 Å². The summed E-state index contributed by atoms with van der Waals surface area (Å²) < 4.78 is 0. The highest BCUT2D eigenvalue weighted by atomic mass is 35.5. The van der Waals surface area contributed by atoms with E-state index in [0.717, 1.165) is 51.0 Å². The van der Waals surface area contributed by atoms with Crippen molar-refractivity contribution < 1.29 is 0 Å². The Morgan fingerprint density at radius 3 is 1.05 bits per heavy atom. The summed E-state index contributed by atoms with van der Waals surface area (Å²) in [4.78, 5) is 0. The van der Waals surface area contributed by atoms with Crippen molar-refractivity contribution >= 4 is 58.0 Å². The number of halogens is 5. The molecule has 0 aromatic heterocycles. The zero-order valence-corrected chi connectivity index (χ0v) is 52.8. The van der Waals surface area contributed by atoms with Gasteiger partial charge in [-0.15, -0.1) is 0 Å². The van der Waals surface area contributed by atoms with Crippen molar-refractivity contribution in [1.82, 2.24) is 0 Å². The summed E-state index contributed by atoms with van der Waals surface area (Å²) in [6.45, 7) is 35.8. The van der Waals surface area contributed by atoms with Crippen molar-refractivity contribution in [3.63, 3.8) is 0 Å². The minimum absolute atomic E-state index is 0.613. The van der Waals surface area contributed by atoms with Crippen LogP contribution in [0.3, 0.4) is 0 Å². The van der Waals surface area contributed by atoms with Gasteiger partial charge in [0.15, 0.2) is 0 Å². The van der Waals surface area contributed by atoms with Crippen LogP contribution in [0.25, 0.3) is 0 Å². The molecule has 0 unspecified atom stereocenters. The van der Waals surface area contributed by atoms with Gasteiger partial charge >= 0.3 is 0 Å². The zero-order valence-electron chi connectivity index (χ0n) is 49.0. The second-order valence-corrected chi connectivity index (χ2v) is 22.2. The van der Waals surface area contributed by atoms with E-state index >= 15 is 0 Å². The van der Waals surface area contributed by atoms with Crippen molar-refractivity contribution in [1.29, 1.82) is 0 Å². The van der Waals surface area contributed by atoms with Crippen LogP contribution in [0.2, 0.25) is 25.1 Å². The Morgan fingerprint density at radius 1 is 0.250 bits per heavy atom. The number of rotatable bonds is 3. The fourth-order valence-corrected chi connectivity index (χ4v) is 9.04. The van der Waals surface area contributed by atoms with Crippen LogP contribution in [-0.4, -0.2) is 0 Å². The Hall–Kier alpha value is -4.79. The summed E-state index contributed by atoms with van der Waals surface area (Å²) >= 11 is 28.8. The van der Waals surface area contributed by atoms with Gasteiger partial charge in [0.2, 0.25) is 0 Å². The highest BCUT2D eigenvalue weighted by molar-refractivity contribution is 6.42. The summed E-state index contributed by atoms with van der Waals surface area (Å²) in [6, 6.07) is 50.3. The molecule has 406 valence electrons. The van der Waals surface area contributed by atoms with Gasteiger partial charge in [-0.3, -0.25) is 0 Å². The van der Waals surface area contributed by atoms with Crippen molar-refractivity contribution in [2.75, 3.05) is 0 Å². The van der Waals surface area contributed by atoms with Crippen LogP contribution in [0.15, 0.2) is 146 Å². The van der Waals surface area contributed by atoms with Crippen molar-refractivity contribution in [2.24, 2.45) is 0 Å². The molecule has 5 heteroatoms. The molecule has 0 saturated carbocycles. The van der Waals surface area contributed by atoms with Gasteiger partial charge in [0.25, 0.3) is 0 Å². The Morgan fingerprint density at radius 2 is 0.632 bits per heavy atom. The lowest BCUT2D eigenvalue weighted by Gasteiger charge is -2.02. The Bertz CT molecular complexity index is 2750. The van der Waals surface area contributed by atoms with Crippen molar-refractivity contribution in [3.05, 3.63) is 276 Å². The molecule has 1 aliphatic carbocycles. The normalized spacial score (nSPS) is 10.5. The van der Waals surface area contributed by atoms with Crippen LogP contribution in [0, 0.1) is 96.9 Å². The SMILES string of the molecule is CCc1cc(C)ccc1C.CCc1cc(C)ccc1Cl.CCc1ccc(C)cc1C.Cc1ccc(C)c(C)c1.Cc1ccc(C)c(Cl)c1.Cc1ccc(Cl)c(C)c1.Cc1ccc(Cl)c(Cl)c1.Cc1ccc2c(c1)CCC2. The average molecular weight is 1120 g/mol. The molecule has 0 fully saturated rings. The molecule has 0 nitrogen and oxygen atoms in total. The van der Waals surface area contributed by atoms with E-state index < -0.39 is 0 Å². The van der Waals surface area contributed by atoms with Gasteiger partial charge in [0, 0.05) is 15.1 Å². The first-order valence-electron chi connectivity index (χ1n) is 26.7. The average Bonchev–Trinajstić information content (AvgIpc) is 3.85. The molecule has 0 saturated heterocycles. The maximum absolute atomic E-state index is 5.90. The molecule has 0 aliphatic heterocycles. The van der Waals surface area contributed by atoms with E-state index in [9.17, 15) is 0 Å². The van der Waals surface area contributed by atoms with Gasteiger partial charge in [-0.05, 0) is 238 Å². The van der Waals surface area contributed by atoms with Crippen LogP contribution >= 0.6 is 58.0 Å². The number of aryl methyl sites for hydroxylation is 19. The lowest BCUT2D eigenvalue weighted by Crippen LogP contribution is -1.86. The van der Waals surface area contributed by atoms with E-state index in [1.165, 1.54) is 97.2 Å². The van der Waals surface area contributed by atoms with Gasteiger partial charge in [0.1, 0.15) is 0 Å². The fraction of sp³-hybridized carbons (Fsp3) is 0.324. The number of hydrogen-bond donors (Lipinski definition) is 0. The predicted molar refractivity (Wildman–Crippen MR) is 343 cm³/mol. The Kier molecular flexibility index (Phi) is 31.5. The van der Waals surface area contributed by atoms with E-state index in [1.54, 1.807) is 17.2 Å². The third-order valence-electron chi connectivity index (χ3n) is 13.0. The molecule has 9 rings (SSSR count). The second kappa shape index (κ2) is 35.6. The van der Waals surface area contributed by atoms with Gasteiger partial charge in [-0.1, -0.05) is 227 Å². The monoisotopic (exact) mass is 1110 g/mol. The summed E-state index contributed by atoms with van der Waals surface area (Å²) in [7, 11) is 0. The predicted octanol–water partition coefficient (Wildman–Crippen LogP) is 23.3. The van der Waals surface area contributed by atoms with E-state index in [4.69, 9.17) is 58.0 Å². The first-order valence-corrected chi connectivity index (χ1v) is 28.6. The van der Waals surface area contributed by atoms with E-state index in [-0.39, 0.29) is 0 Å². The van der Waals surface area contributed by atoms with Crippen LogP contribution in [-0.2, 0) is 32.1 Å². The van der Waals surface area contributed by atoms with Crippen LogP contribution in [0.1, 0.15) is 133 Å². The molecule has 0 amide bonds. The first-order chi connectivity index (χ1) is 35.9. The summed E-state index contributed by atoms with van der Waals surface area (Å²) in [5.41, 5.74) is 25.6. The molecule has 0 heterocycles. The van der Waals surface area contributed by atoms with E-state index in [0.29, 0.717) is 10.0 Å². The number of hydrogen-bond acceptors (Lipinski definition) is 0. The zero-order chi connectivity index (χ0) is 57.1. The molecule has 0 radical (unpaired) electrons. The maximum atomic E-state index is 5.90. The molecular weight excluding hydrogens is 1030 g/mol. The molecule has 0 atom stereocenters. The first kappa shape index (κ1) is 67.3. The van der Waals surface area contributed by atoms with E-state index in [1.807, 2.05) is 76.2 Å². The molecule has 8 aromatic carbocycles. The van der Waals surface area contributed by atoms with Gasteiger partial charge in [-0.2, -0.15) is 0 Å². The highest BCUT2D eigenvalue weighted by Crippen LogP contribution is 2.24. The molecule has 0 N–H and O–H groups in total.